The molecule has 2 unspecified atom stereocenters. The van der Waals surface area contributed by atoms with E-state index in [1.807, 2.05) is 6.08 Å². The van der Waals surface area contributed by atoms with Gasteiger partial charge in [0.2, 0.25) is 5.91 Å². The van der Waals surface area contributed by atoms with E-state index >= 15 is 0 Å². The Morgan fingerprint density at radius 2 is 0.617 bits per heavy atom. The van der Waals surface area contributed by atoms with Crippen LogP contribution in [0.1, 0.15) is 393 Å². The van der Waals surface area contributed by atoms with E-state index < -0.39 is 12.1 Å². The number of rotatable bonds is 68. The van der Waals surface area contributed by atoms with Gasteiger partial charge in [-0.15, -0.1) is 0 Å². The van der Waals surface area contributed by atoms with Crippen molar-refractivity contribution in [2.24, 2.45) is 0 Å². The summed E-state index contributed by atoms with van der Waals surface area (Å²) in [5.41, 5.74) is 0. The number of unbranched alkanes of at least 4 members (excludes halogenated alkanes) is 51. The molecule has 0 spiro atoms. The first-order valence-electron chi connectivity index (χ1n) is 36.4. The number of hydrogen-bond donors (Lipinski definition) is 3. The lowest BCUT2D eigenvalue weighted by molar-refractivity contribution is -0.143. The summed E-state index contributed by atoms with van der Waals surface area (Å²) in [5, 5.41) is 23.2. The Bertz CT molecular complexity index is 1360. The number of hydrogen-bond acceptors (Lipinski definition) is 5. The van der Waals surface area contributed by atoms with Crippen LogP contribution in [0.15, 0.2) is 48.6 Å². The molecule has 6 heteroatoms. The van der Waals surface area contributed by atoms with Gasteiger partial charge in [0.25, 0.3) is 0 Å². The fourth-order valence-corrected chi connectivity index (χ4v) is 11.3. The first-order chi connectivity index (χ1) is 40.0. The zero-order valence-corrected chi connectivity index (χ0v) is 54.5. The Hall–Kier alpha value is -2.18. The molecule has 0 aromatic heterocycles. The number of aliphatic hydroxyl groups is 2. The highest BCUT2D eigenvalue weighted by Gasteiger charge is 2.18. The van der Waals surface area contributed by atoms with Crippen molar-refractivity contribution < 1.29 is 24.5 Å². The molecular formula is C75H141NO5. The Kier molecular flexibility index (Phi) is 68.4. The summed E-state index contributed by atoms with van der Waals surface area (Å²) in [5.74, 6) is -0.0596. The minimum atomic E-state index is -0.844. The van der Waals surface area contributed by atoms with E-state index in [4.69, 9.17) is 4.74 Å². The van der Waals surface area contributed by atoms with E-state index in [1.54, 1.807) is 6.08 Å². The van der Waals surface area contributed by atoms with Gasteiger partial charge in [-0.05, 0) is 89.9 Å². The van der Waals surface area contributed by atoms with Crippen LogP contribution in [0.3, 0.4) is 0 Å². The number of allylic oxidation sites excluding steroid dienone is 7. The molecule has 0 aromatic rings. The number of amides is 1. The van der Waals surface area contributed by atoms with Crippen molar-refractivity contribution in [1.82, 2.24) is 5.32 Å². The number of carbonyl (C=O) groups is 2. The predicted molar refractivity (Wildman–Crippen MR) is 356 cm³/mol. The van der Waals surface area contributed by atoms with Crippen LogP contribution in [0, 0.1) is 0 Å². The van der Waals surface area contributed by atoms with Crippen LogP contribution in [0.4, 0.5) is 0 Å². The largest absolute Gasteiger partial charge is 0.466 e. The lowest BCUT2D eigenvalue weighted by Gasteiger charge is -2.20. The second-order valence-electron chi connectivity index (χ2n) is 24.9. The first-order valence-corrected chi connectivity index (χ1v) is 36.4. The van der Waals surface area contributed by atoms with Gasteiger partial charge in [0.1, 0.15) is 0 Å². The molecule has 0 saturated heterocycles. The molecule has 6 nitrogen and oxygen atoms in total. The molecule has 0 aliphatic heterocycles. The summed E-state index contributed by atoms with van der Waals surface area (Å²) < 4.78 is 5.49. The Morgan fingerprint density at radius 3 is 0.975 bits per heavy atom. The van der Waals surface area contributed by atoms with Crippen molar-refractivity contribution in [2.45, 2.75) is 405 Å². The molecule has 81 heavy (non-hydrogen) atoms. The summed E-state index contributed by atoms with van der Waals surface area (Å²) in [6.07, 6.45) is 92.0. The normalized spacial score (nSPS) is 12.8. The first kappa shape index (κ1) is 78.8. The number of nitrogens with one attached hydrogen (secondary N) is 1. The molecular weight excluding hydrogens is 995 g/mol. The Balaban J connectivity index is 3.39. The van der Waals surface area contributed by atoms with E-state index in [0.717, 1.165) is 51.4 Å². The quantitative estimate of drug-likeness (QED) is 0.0320. The van der Waals surface area contributed by atoms with Gasteiger partial charge in [-0.25, -0.2) is 0 Å². The van der Waals surface area contributed by atoms with Crippen molar-refractivity contribution in [3.05, 3.63) is 48.6 Å². The van der Waals surface area contributed by atoms with Gasteiger partial charge in [0.15, 0.2) is 0 Å². The summed E-state index contributed by atoms with van der Waals surface area (Å²) in [7, 11) is 0. The van der Waals surface area contributed by atoms with E-state index in [2.05, 4.69) is 55.6 Å². The van der Waals surface area contributed by atoms with E-state index in [1.165, 1.54) is 315 Å². The maximum atomic E-state index is 12.5. The van der Waals surface area contributed by atoms with Crippen LogP contribution >= 0.6 is 0 Å². The molecule has 0 rings (SSSR count). The van der Waals surface area contributed by atoms with Crippen LogP contribution in [0.25, 0.3) is 0 Å². The zero-order valence-electron chi connectivity index (χ0n) is 54.5. The third-order valence-corrected chi connectivity index (χ3v) is 16.8. The maximum Gasteiger partial charge on any atom is 0.305 e. The fourth-order valence-electron chi connectivity index (χ4n) is 11.3. The van der Waals surface area contributed by atoms with E-state index in [0.29, 0.717) is 19.4 Å². The average molecular weight is 1140 g/mol. The molecule has 3 N–H and O–H groups in total. The van der Waals surface area contributed by atoms with Crippen molar-refractivity contribution >= 4 is 11.9 Å². The molecule has 1 amide bonds. The zero-order chi connectivity index (χ0) is 58.5. The van der Waals surface area contributed by atoms with Gasteiger partial charge in [-0.2, -0.15) is 0 Å². The summed E-state index contributed by atoms with van der Waals surface area (Å²) in [6.45, 7) is 4.90. The third-order valence-electron chi connectivity index (χ3n) is 16.8. The molecule has 476 valence electrons. The molecule has 0 radical (unpaired) electrons. The second kappa shape index (κ2) is 70.3. The molecule has 0 saturated carbocycles. The van der Waals surface area contributed by atoms with Crippen LogP contribution in [0.5, 0.6) is 0 Å². The Labute approximate surface area is 506 Å². The molecule has 0 aliphatic rings. The molecule has 0 fully saturated rings. The molecule has 2 atom stereocenters. The van der Waals surface area contributed by atoms with Gasteiger partial charge in [-0.1, -0.05) is 339 Å². The molecule has 0 aromatic carbocycles. The number of ether oxygens (including phenoxy) is 1. The topological polar surface area (TPSA) is 95.9 Å². The highest BCUT2D eigenvalue weighted by molar-refractivity contribution is 5.76. The molecule has 0 heterocycles. The van der Waals surface area contributed by atoms with Crippen molar-refractivity contribution in [1.29, 1.82) is 0 Å². The number of aliphatic hydroxyl groups excluding tert-OH is 2. The van der Waals surface area contributed by atoms with Crippen LogP contribution in [-0.4, -0.2) is 47.4 Å². The highest BCUT2D eigenvalue weighted by Crippen LogP contribution is 2.18. The molecule has 0 bridgehead atoms. The van der Waals surface area contributed by atoms with Crippen molar-refractivity contribution in [3.63, 3.8) is 0 Å². The van der Waals surface area contributed by atoms with Gasteiger partial charge in [-0.3, -0.25) is 9.59 Å². The second-order valence-corrected chi connectivity index (χ2v) is 24.9. The van der Waals surface area contributed by atoms with E-state index in [-0.39, 0.29) is 18.5 Å². The predicted octanol–water partition coefficient (Wildman–Crippen LogP) is 23.6. The number of esters is 1. The third kappa shape index (κ3) is 66.8. The van der Waals surface area contributed by atoms with Crippen molar-refractivity contribution in [2.75, 3.05) is 13.2 Å². The summed E-state index contributed by atoms with van der Waals surface area (Å²) in [4.78, 5) is 24.6. The lowest BCUT2D eigenvalue weighted by Crippen LogP contribution is -2.45. The monoisotopic (exact) mass is 1140 g/mol. The minimum absolute atomic E-state index is 0.00349. The lowest BCUT2D eigenvalue weighted by atomic mass is 10.0. The van der Waals surface area contributed by atoms with Crippen LogP contribution < -0.4 is 5.32 Å². The smallest absolute Gasteiger partial charge is 0.305 e. The van der Waals surface area contributed by atoms with Crippen molar-refractivity contribution in [3.8, 4) is 0 Å². The summed E-state index contributed by atoms with van der Waals surface area (Å²) in [6, 6.07) is -0.627. The SMILES string of the molecule is CCCCC/C=C\C/C=C\CCCCCCCC(=O)OCCCCCCCCCCCCCC/C=C\CCCCCCCCCCCCCCCCCC(=O)NC(CO)C(O)/C=C/CCCCCCCCCCCCCCCCCC. The number of carbonyl (C=O) groups excluding carboxylic acids is 2. The van der Waals surface area contributed by atoms with Gasteiger partial charge in [0, 0.05) is 12.8 Å². The molecule has 0 aliphatic carbocycles. The van der Waals surface area contributed by atoms with Crippen LogP contribution in [0.2, 0.25) is 0 Å². The Morgan fingerprint density at radius 1 is 0.346 bits per heavy atom. The highest BCUT2D eigenvalue weighted by atomic mass is 16.5. The van der Waals surface area contributed by atoms with E-state index in [9.17, 15) is 19.8 Å². The van der Waals surface area contributed by atoms with Gasteiger partial charge in [0.05, 0.1) is 25.4 Å². The van der Waals surface area contributed by atoms with Crippen LogP contribution in [-0.2, 0) is 14.3 Å². The minimum Gasteiger partial charge on any atom is -0.466 e. The standard InChI is InChI=1S/C75H141NO5/c1-3-5-7-9-11-13-15-17-19-20-36-40-43-47-51-55-59-63-67-73(78)72(71-77)76-74(79)68-64-60-56-52-48-44-41-37-34-32-30-28-26-24-22-21-23-25-27-29-31-33-35-38-42-46-50-54-58-62-66-70-81-75(80)69-65-61-57-53-49-45-39-18-16-14-12-10-8-6-4-2/h12,14,18,23,25,39,63,67,72-73,77-78H,3-11,13,15-17,19-22,24,26-38,40-62,64-66,68-71H2,1-2H3,(H,76,79)/b14-12-,25-23-,39-18-,67-63+. The summed E-state index contributed by atoms with van der Waals surface area (Å²) >= 11 is 0. The average Bonchev–Trinajstić information content (AvgIpc) is 3.47. The maximum absolute atomic E-state index is 12.5. The van der Waals surface area contributed by atoms with Gasteiger partial charge >= 0.3 is 5.97 Å². The van der Waals surface area contributed by atoms with Gasteiger partial charge < -0.3 is 20.3 Å². The fraction of sp³-hybridized carbons (Fsp3) is 0.867.